The maximum atomic E-state index is 12.4. The Bertz CT molecular complexity index is 270. The quantitative estimate of drug-likeness (QED) is 0.846. The van der Waals surface area contributed by atoms with Crippen molar-refractivity contribution in [2.45, 2.75) is 44.4 Å². The van der Waals surface area contributed by atoms with Gasteiger partial charge in [0.2, 0.25) is 5.91 Å². The van der Waals surface area contributed by atoms with Gasteiger partial charge in [-0.2, -0.15) is 11.8 Å². The minimum absolute atomic E-state index is 0. The molecule has 2 saturated heterocycles. The number of carbonyl (C=O) groups is 1. The van der Waals surface area contributed by atoms with Gasteiger partial charge in [-0.25, -0.2) is 0 Å². The number of carbonyl (C=O) groups excluding carboxylic acids is 1. The second kappa shape index (κ2) is 7.61. The number of hydrogen-bond donors (Lipinski definition) is 1. The van der Waals surface area contributed by atoms with Crippen LogP contribution >= 0.6 is 24.2 Å². The van der Waals surface area contributed by atoms with Gasteiger partial charge in [-0.1, -0.05) is 20.3 Å². The topological polar surface area (TPSA) is 32.3 Å². The minimum Gasteiger partial charge on any atom is -0.339 e. The lowest BCUT2D eigenvalue weighted by molar-refractivity contribution is -0.134. The van der Waals surface area contributed by atoms with Gasteiger partial charge < -0.3 is 10.2 Å². The molecule has 3 nitrogen and oxygen atoms in total. The molecular weight excluding hydrogens is 268 g/mol. The van der Waals surface area contributed by atoms with Gasteiger partial charge in [0, 0.05) is 24.1 Å². The SMILES string of the molecule is CC(C)C1CN(C(=O)C2CCCCN2)CCS1.Cl. The first-order valence-electron chi connectivity index (χ1n) is 6.82. The molecule has 0 spiro atoms. The third-order valence-electron chi connectivity index (χ3n) is 3.76. The van der Waals surface area contributed by atoms with Crippen molar-refractivity contribution < 1.29 is 4.79 Å². The van der Waals surface area contributed by atoms with E-state index >= 15 is 0 Å². The number of piperidine rings is 1. The molecule has 0 aliphatic carbocycles. The van der Waals surface area contributed by atoms with Crippen LogP contribution in [0.1, 0.15) is 33.1 Å². The van der Waals surface area contributed by atoms with E-state index in [-0.39, 0.29) is 18.4 Å². The second-order valence-corrected chi connectivity index (χ2v) is 6.79. The molecular formula is C13H25ClN2OS. The average Bonchev–Trinajstić information content (AvgIpc) is 2.39. The van der Waals surface area contributed by atoms with Gasteiger partial charge in [-0.05, 0) is 25.3 Å². The zero-order valence-corrected chi connectivity index (χ0v) is 13.0. The van der Waals surface area contributed by atoms with Crippen molar-refractivity contribution in [3.63, 3.8) is 0 Å². The Balaban J connectivity index is 0.00000162. The van der Waals surface area contributed by atoms with Crippen LogP contribution in [-0.2, 0) is 4.79 Å². The van der Waals surface area contributed by atoms with Crippen molar-refractivity contribution in [2.24, 2.45) is 5.92 Å². The van der Waals surface area contributed by atoms with Crippen molar-refractivity contribution in [2.75, 3.05) is 25.4 Å². The molecule has 2 unspecified atom stereocenters. The second-order valence-electron chi connectivity index (χ2n) is 5.44. The number of hydrogen-bond acceptors (Lipinski definition) is 3. The van der Waals surface area contributed by atoms with E-state index in [4.69, 9.17) is 0 Å². The lowest BCUT2D eigenvalue weighted by Crippen LogP contribution is -2.52. The monoisotopic (exact) mass is 292 g/mol. The highest BCUT2D eigenvalue weighted by atomic mass is 35.5. The van der Waals surface area contributed by atoms with Crippen molar-refractivity contribution in [1.29, 1.82) is 0 Å². The molecule has 1 amide bonds. The summed E-state index contributed by atoms with van der Waals surface area (Å²) in [4.78, 5) is 14.5. The third kappa shape index (κ3) is 4.04. The molecule has 2 heterocycles. The normalized spacial score (nSPS) is 28.9. The Kier molecular flexibility index (Phi) is 6.82. The number of amides is 1. The molecule has 5 heteroatoms. The fourth-order valence-electron chi connectivity index (χ4n) is 2.56. The van der Waals surface area contributed by atoms with Gasteiger partial charge >= 0.3 is 0 Å². The molecule has 1 N–H and O–H groups in total. The van der Waals surface area contributed by atoms with Gasteiger partial charge in [0.25, 0.3) is 0 Å². The summed E-state index contributed by atoms with van der Waals surface area (Å²) in [6, 6.07) is 0.0969. The summed E-state index contributed by atoms with van der Waals surface area (Å²) < 4.78 is 0. The van der Waals surface area contributed by atoms with Crippen LogP contribution in [0.15, 0.2) is 0 Å². The maximum Gasteiger partial charge on any atom is 0.239 e. The Labute approximate surface area is 121 Å². The Morgan fingerprint density at radius 3 is 2.78 bits per heavy atom. The summed E-state index contributed by atoms with van der Waals surface area (Å²) >= 11 is 2.02. The molecule has 2 rings (SSSR count). The molecule has 2 atom stereocenters. The number of thioether (sulfide) groups is 1. The highest BCUT2D eigenvalue weighted by Gasteiger charge is 2.30. The van der Waals surface area contributed by atoms with E-state index in [1.54, 1.807) is 0 Å². The molecule has 0 radical (unpaired) electrons. The van der Waals surface area contributed by atoms with Gasteiger partial charge in [0.15, 0.2) is 0 Å². The number of rotatable bonds is 2. The van der Waals surface area contributed by atoms with Crippen molar-refractivity contribution in [3.8, 4) is 0 Å². The summed E-state index contributed by atoms with van der Waals surface area (Å²) in [6.07, 6.45) is 3.43. The van der Waals surface area contributed by atoms with Gasteiger partial charge in [-0.3, -0.25) is 4.79 Å². The molecule has 2 aliphatic heterocycles. The van der Waals surface area contributed by atoms with E-state index in [1.165, 1.54) is 12.8 Å². The van der Waals surface area contributed by atoms with E-state index in [2.05, 4.69) is 24.1 Å². The van der Waals surface area contributed by atoms with E-state index in [1.807, 2.05) is 11.8 Å². The minimum atomic E-state index is 0. The van der Waals surface area contributed by atoms with E-state index < -0.39 is 0 Å². The Hall–Kier alpha value is 0.0700. The molecule has 0 bridgehead atoms. The van der Waals surface area contributed by atoms with Crippen LogP contribution in [0.4, 0.5) is 0 Å². The summed E-state index contributed by atoms with van der Waals surface area (Å²) in [7, 11) is 0. The molecule has 0 aromatic rings. The highest BCUT2D eigenvalue weighted by Crippen LogP contribution is 2.25. The lowest BCUT2D eigenvalue weighted by Gasteiger charge is -2.37. The van der Waals surface area contributed by atoms with E-state index in [0.29, 0.717) is 17.1 Å². The fourth-order valence-corrected chi connectivity index (χ4v) is 3.86. The van der Waals surface area contributed by atoms with Crippen molar-refractivity contribution in [3.05, 3.63) is 0 Å². The van der Waals surface area contributed by atoms with E-state index in [9.17, 15) is 4.79 Å². The first kappa shape index (κ1) is 16.1. The molecule has 0 aromatic carbocycles. The van der Waals surface area contributed by atoms with Crippen LogP contribution in [-0.4, -0.2) is 47.5 Å². The molecule has 106 valence electrons. The molecule has 2 fully saturated rings. The van der Waals surface area contributed by atoms with Gasteiger partial charge in [-0.15, -0.1) is 12.4 Å². The maximum absolute atomic E-state index is 12.4. The molecule has 18 heavy (non-hydrogen) atoms. The van der Waals surface area contributed by atoms with Crippen LogP contribution in [0.5, 0.6) is 0 Å². The largest absolute Gasteiger partial charge is 0.339 e. The van der Waals surface area contributed by atoms with Gasteiger partial charge in [0.05, 0.1) is 6.04 Å². The Morgan fingerprint density at radius 1 is 1.39 bits per heavy atom. The van der Waals surface area contributed by atoms with Crippen LogP contribution < -0.4 is 5.32 Å². The van der Waals surface area contributed by atoms with Crippen LogP contribution in [0.3, 0.4) is 0 Å². The van der Waals surface area contributed by atoms with Gasteiger partial charge in [0.1, 0.15) is 0 Å². The summed E-state index contributed by atoms with van der Waals surface area (Å²) in [5.74, 6) is 2.10. The van der Waals surface area contributed by atoms with Crippen molar-refractivity contribution in [1.82, 2.24) is 10.2 Å². The summed E-state index contributed by atoms with van der Waals surface area (Å²) in [6.45, 7) is 7.39. The van der Waals surface area contributed by atoms with Crippen molar-refractivity contribution >= 4 is 30.1 Å². The van der Waals surface area contributed by atoms with Crippen LogP contribution in [0.25, 0.3) is 0 Å². The highest BCUT2D eigenvalue weighted by molar-refractivity contribution is 8.00. The summed E-state index contributed by atoms with van der Waals surface area (Å²) in [5.41, 5.74) is 0. The zero-order valence-electron chi connectivity index (χ0n) is 11.4. The number of nitrogens with zero attached hydrogens (tertiary/aromatic N) is 1. The average molecular weight is 293 g/mol. The fraction of sp³-hybridized carbons (Fsp3) is 0.923. The smallest absolute Gasteiger partial charge is 0.239 e. The lowest BCUT2D eigenvalue weighted by atomic mass is 10.0. The molecule has 0 aromatic heterocycles. The molecule has 0 saturated carbocycles. The predicted molar refractivity (Wildman–Crippen MR) is 80.6 cm³/mol. The first-order chi connectivity index (χ1) is 8.18. The first-order valence-corrected chi connectivity index (χ1v) is 7.87. The molecule has 2 aliphatic rings. The van der Waals surface area contributed by atoms with E-state index in [0.717, 1.165) is 31.8 Å². The van der Waals surface area contributed by atoms with Crippen LogP contribution in [0, 0.1) is 5.92 Å². The van der Waals surface area contributed by atoms with Crippen LogP contribution in [0.2, 0.25) is 0 Å². The number of halogens is 1. The Morgan fingerprint density at radius 2 is 2.17 bits per heavy atom. The summed E-state index contributed by atoms with van der Waals surface area (Å²) in [5, 5.41) is 3.98. The standard InChI is InChI=1S/C13H24N2OS.ClH/c1-10(2)12-9-15(7-8-17-12)13(16)11-5-3-4-6-14-11;/h10-12,14H,3-9H2,1-2H3;1H. The predicted octanol–water partition coefficient (Wildman–Crippen LogP) is 2.15. The zero-order chi connectivity index (χ0) is 12.3. The third-order valence-corrected chi connectivity index (χ3v) is 5.30. The number of nitrogens with one attached hydrogen (secondary N) is 1.